The molecule has 0 aromatic rings. The fourth-order valence-corrected chi connectivity index (χ4v) is 0.0676. The van der Waals surface area contributed by atoms with E-state index in [1.54, 1.807) is 0 Å². The summed E-state index contributed by atoms with van der Waals surface area (Å²) in [6.07, 6.45) is -0.403. The van der Waals surface area contributed by atoms with Crippen molar-refractivity contribution >= 4 is 5.97 Å². The summed E-state index contributed by atoms with van der Waals surface area (Å²) in [6.45, 7) is 2.50. The first kappa shape index (κ1) is 7.92. The molecule has 1 aliphatic heterocycles. The number of aliphatic carboxylic acids is 1. The lowest BCUT2D eigenvalue weighted by Gasteiger charge is -1.70. The van der Waals surface area contributed by atoms with Gasteiger partial charge in [-0.15, -0.1) is 0 Å². The monoisotopic (exact) mass is 128 g/mol. The van der Waals surface area contributed by atoms with Crippen LogP contribution in [0.3, 0.4) is 0 Å². The van der Waals surface area contributed by atoms with Gasteiger partial charge in [-0.3, -0.25) is 4.79 Å². The minimum absolute atomic E-state index is 0.403. The summed E-state index contributed by atoms with van der Waals surface area (Å²) in [6, 6.07) is 1.47. The predicted octanol–water partition coefficient (Wildman–Crippen LogP) is -0.426. The van der Waals surface area contributed by atoms with Crippen LogP contribution in [-0.4, -0.2) is 24.2 Å². The molecule has 4 heteroatoms. The maximum atomic E-state index is 9.38. The van der Waals surface area contributed by atoms with E-state index in [-0.39, 0.29) is 0 Å². The molecule has 2 N–H and O–H groups in total. The first-order valence-corrected chi connectivity index (χ1v) is 2.57. The van der Waals surface area contributed by atoms with Crippen molar-refractivity contribution in [1.29, 1.82) is 5.26 Å². The summed E-state index contributed by atoms with van der Waals surface area (Å²) in [5.41, 5.74) is 0. The lowest BCUT2D eigenvalue weighted by atomic mass is 10.5. The van der Waals surface area contributed by atoms with Crippen molar-refractivity contribution in [3.05, 3.63) is 0 Å². The molecule has 0 aromatic carbocycles. The fraction of sp³-hybridized carbons (Fsp3) is 0.600. The first-order chi connectivity index (χ1) is 4.27. The van der Waals surface area contributed by atoms with Crippen molar-refractivity contribution in [1.82, 2.24) is 5.32 Å². The zero-order chi connectivity index (χ0) is 7.11. The lowest BCUT2D eigenvalue weighted by molar-refractivity contribution is -0.135. The molecule has 1 fully saturated rings. The van der Waals surface area contributed by atoms with Crippen LogP contribution >= 0.6 is 0 Å². The number of nitrogens with zero attached hydrogens (tertiary/aromatic N) is 1. The van der Waals surface area contributed by atoms with Crippen LogP contribution in [0.2, 0.25) is 0 Å². The van der Waals surface area contributed by atoms with E-state index < -0.39 is 12.4 Å². The standard InChI is InChI=1S/C3H3NO2.C2H5N/c4-2-1-3(5)6;1-2-3-1/h1H2,(H,5,6);3H,1-2H2. The zero-order valence-electron chi connectivity index (χ0n) is 4.92. The minimum Gasteiger partial charge on any atom is -0.480 e. The topological polar surface area (TPSA) is 83.0 Å². The first-order valence-electron chi connectivity index (χ1n) is 2.57. The summed E-state index contributed by atoms with van der Waals surface area (Å²) in [5, 5.41) is 18.3. The van der Waals surface area contributed by atoms with E-state index in [4.69, 9.17) is 10.4 Å². The Morgan fingerprint density at radius 2 is 2.22 bits per heavy atom. The molecule has 9 heavy (non-hydrogen) atoms. The Morgan fingerprint density at radius 1 is 1.78 bits per heavy atom. The predicted molar refractivity (Wildman–Crippen MR) is 30.7 cm³/mol. The molecule has 0 saturated carbocycles. The van der Waals surface area contributed by atoms with Gasteiger partial charge in [0.15, 0.2) is 0 Å². The Kier molecular flexibility index (Phi) is 4.46. The molecule has 0 spiro atoms. The van der Waals surface area contributed by atoms with E-state index in [2.05, 4.69) is 5.32 Å². The molecule has 0 aromatic heterocycles. The van der Waals surface area contributed by atoms with Crippen LogP contribution < -0.4 is 5.32 Å². The fourth-order valence-electron chi connectivity index (χ4n) is 0.0676. The molecule has 0 unspecified atom stereocenters. The van der Waals surface area contributed by atoms with E-state index in [9.17, 15) is 4.79 Å². The SMILES string of the molecule is C1CN1.N#CCC(=O)O. The number of nitriles is 1. The van der Waals surface area contributed by atoms with Gasteiger partial charge in [0.2, 0.25) is 0 Å². The largest absolute Gasteiger partial charge is 0.480 e. The molecule has 0 bridgehead atoms. The Morgan fingerprint density at radius 3 is 2.22 bits per heavy atom. The highest BCUT2D eigenvalue weighted by Crippen LogP contribution is 1.68. The molecule has 0 amide bonds. The van der Waals surface area contributed by atoms with Crippen LogP contribution in [0.5, 0.6) is 0 Å². The van der Waals surface area contributed by atoms with Crippen molar-refractivity contribution in [2.45, 2.75) is 6.42 Å². The van der Waals surface area contributed by atoms with Crippen molar-refractivity contribution in [3.8, 4) is 6.07 Å². The molecule has 1 saturated heterocycles. The Bertz CT molecular complexity index is 123. The zero-order valence-corrected chi connectivity index (χ0v) is 4.92. The summed E-state index contributed by atoms with van der Waals surface area (Å²) in [4.78, 5) is 9.38. The number of carboxylic acid groups (broad SMARTS) is 1. The molecule has 50 valence electrons. The average Bonchev–Trinajstić information content (AvgIpc) is 2.45. The normalized spacial score (nSPS) is 12.3. The summed E-state index contributed by atoms with van der Waals surface area (Å²) < 4.78 is 0. The molecule has 0 atom stereocenters. The third-order valence-electron chi connectivity index (χ3n) is 0.480. The lowest BCUT2D eigenvalue weighted by Crippen LogP contribution is -1.88. The number of carboxylic acids is 1. The van der Waals surface area contributed by atoms with Gasteiger partial charge in [-0.1, -0.05) is 0 Å². The van der Waals surface area contributed by atoms with E-state index in [1.807, 2.05) is 0 Å². The number of carbonyl (C=O) groups is 1. The van der Waals surface area contributed by atoms with Gasteiger partial charge in [0, 0.05) is 13.1 Å². The van der Waals surface area contributed by atoms with Crippen LogP contribution in [0.4, 0.5) is 0 Å². The van der Waals surface area contributed by atoms with Gasteiger partial charge in [-0.25, -0.2) is 0 Å². The molecule has 4 nitrogen and oxygen atoms in total. The quantitative estimate of drug-likeness (QED) is 0.469. The summed E-state index contributed by atoms with van der Waals surface area (Å²) >= 11 is 0. The van der Waals surface area contributed by atoms with E-state index in [0.717, 1.165) is 0 Å². The van der Waals surface area contributed by atoms with Gasteiger partial charge in [-0.2, -0.15) is 5.26 Å². The van der Waals surface area contributed by atoms with E-state index in [1.165, 1.54) is 19.2 Å². The van der Waals surface area contributed by atoms with E-state index in [0.29, 0.717) is 0 Å². The maximum absolute atomic E-state index is 9.38. The van der Waals surface area contributed by atoms with Gasteiger partial charge in [0.1, 0.15) is 6.42 Å². The molecule has 0 aliphatic carbocycles. The Balaban J connectivity index is 0.000000173. The van der Waals surface area contributed by atoms with Gasteiger partial charge in [-0.05, 0) is 0 Å². The smallest absolute Gasteiger partial charge is 0.317 e. The average molecular weight is 128 g/mol. The van der Waals surface area contributed by atoms with E-state index >= 15 is 0 Å². The number of hydrogen-bond donors (Lipinski definition) is 2. The van der Waals surface area contributed by atoms with Gasteiger partial charge in [0.05, 0.1) is 6.07 Å². The number of rotatable bonds is 1. The van der Waals surface area contributed by atoms with Gasteiger partial charge < -0.3 is 10.4 Å². The highest BCUT2D eigenvalue weighted by Gasteiger charge is 1.91. The maximum Gasteiger partial charge on any atom is 0.317 e. The molecular weight excluding hydrogens is 120 g/mol. The Labute approximate surface area is 53.1 Å². The van der Waals surface area contributed by atoms with Crippen LogP contribution in [0.1, 0.15) is 6.42 Å². The second-order valence-corrected chi connectivity index (χ2v) is 1.48. The number of hydrogen-bond acceptors (Lipinski definition) is 3. The van der Waals surface area contributed by atoms with Crippen molar-refractivity contribution in [3.63, 3.8) is 0 Å². The van der Waals surface area contributed by atoms with Crippen LogP contribution in [-0.2, 0) is 4.79 Å². The summed E-state index contributed by atoms with van der Waals surface area (Å²) in [7, 11) is 0. The van der Waals surface area contributed by atoms with Crippen LogP contribution in [0, 0.1) is 11.3 Å². The van der Waals surface area contributed by atoms with Gasteiger partial charge >= 0.3 is 5.97 Å². The van der Waals surface area contributed by atoms with Crippen LogP contribution in [0.25, 0.3) is 0 Å². The second kappa shape index (κ2) is 5.06. The van der Waals surface area contributed by atoms with Gasteiger partial charge in [0.25, 0.3) is 0 Å². The van der Waals surface area contributed by atoms with Crippen LogP contribution in [0.15, 0.2) is 0 Å². The molecule has 1 rings (SSSR count). The van der Waals surface area contributed by atoms with Crippen molar-refractivity contribution < 1.29 is 9.90 Å². The van der Waals surface area contributed by atoms with Crippen molar-refractivity contribution in [2.24, 2.45) is 0 Å². The third-order valence-corrected chi connectivity index (χ3v) is 0.480. The molecule has 1 aliphatic rings. The molecular formula is C5H8N2O2. The number of nitrogens with one attached hydrogen (secondary N) is 1. The third kappa shape index (κ3) is 19.6. The molecule has 0 radical (unpaired) electrons. The van der Waals surface area contributed by atoms with Crippen molar-refractivity contribution in [2.75, 3.05) is 13.1 Å². The second-order valence-electron chi connectivity index (χ2n) is 1.48. The highest BCUT2D eigenvalue weighted by molar-refractivity contribution is 5.69. The molecule has 1 heterocycles. The minimum atomic E-state index is -1.07. The Hall–Kier alpha value is -1.08. The highest BCUT2D eigenvalue weighted by atomic mass is 16.4. The summed E-state index contributed by atoms with van der Waals surface area (Å²) in [5.74, 6) is -1.07.